The van der Waals surface area contributed by atoms with Gasteiger partial charge in [-0.1, -0.05) is 26.2 Å². The summed E-state index contributed by atoms with van der Waals surface area (Å²) in [6.07, 6.45) is 6.29. The van der Waals surface area contributed by atoms with E-state index in [0.717, 1.165) is 18.1 Å². The lowest BCUT2D eigenvalue weighted by Crippen LogP contribution is -2.55. The van der Waals surface area contributed by atoms with Gasteiger partial charge in [0.25, 0.3) is 0 Å². The molecule has 1 saturated heterocycles. The molecule has 1 heterocycles. The third-order valence-corrected chi connectivity index (χ3v) is 5.30. The highest BCUT2D eigenvalue weighted by Crippen LogP contribution is 2.33. The van der Waals surface area contributed by atoms with Crippen LogP contribution in [0.3, 0.4) is 0 Å². The minimum atomic E-state index is -0.627. The Hall–Kier alpha value is -0.220. The lowest BCUT2D eigenvalue weighted by Gasteiger charge is -2.44. The second kappa shape index (κ2) is 6.10. The Bertz CT molecular complexity index is 272. The van der Waals surface area contributed by atoms with Crippen LogP contribution < -0.4 is 0 Å². The van der Waals surface area contributed by atoms with Gasteiger partial charge in [-0.05, 0) is 18.8 Å². The van der Waals surface area contributed by atoms with Crippen molar-refractivity contribution in [1.82, 2.24) is 4.90 Å². The first kappa shape index (κ1) is 13.2. The van der Waals surface area contributed by atoms with E-state index in [-0.39, 0.29) is 6.04 Å². The summed E-state index contributed by atoms with van der Waals surface area (Å²) in [6, 6.07) is 0.279. The molecule has 0 amide bonds. The Kier molecular flexibility index (Phi) is 4.74. The van der Waals surface area contributed by atoms with E-state index >= 15 is 0 Å². The standard InChI is InChI=1S/C13H23NO2S/c1-2-10-5-3-4-6-11(10)14-7-8-17-9-12(14)13(15)16/h10-12H,2-9H2,1H3,(H,15,16). The number of aliphatic carboxylic acids is 1. The van der Waals surface area contributed by atoms with E-state index in [9.17, 15) is 9.90 Å². The fraction of sp³-hybridized carbons (Fsp3) is 0.923. The largest absolute Gasteiger partial charge is 0.480 e. The molecule has 1 aliphatic heterocycles. The van der Waals surface area contributed by atoms with Crippen molar-refractivity contribution in [3.63, 3.8) is 0 Å². The Morgan fingerprint density at radius 3 is 2.88 bits per heavy atom. The Morgan fingerprint density at radius 1 is 1.41 bits per heavy atom. The predicted octanol–water partition coefficient (Wildman–Crippen LogP) is 2.46. The molecule has 2 fully saturated rings. The lowest BCUT2D eigenvalue weighted by atomic mass is 9.81. The molecule has 0 spiro atoms. The monoisotopic (exact) mass is 257 g/mol. The van der Waals surface area contributed by atoms with Gasteiger partial charge in [-0.2, -0.15) is 11.8 Å². The van der Waals surface area contributed by atoms with Crippen LogP contribution in [0.15, 0.2) is 0 Å². The van der Waals surface area contributed by atoms with Crippen molar-refractivity contribution in [2.24, 2.45) is 5.92 Å². The van der Waals surface area contributed by atoms with Gasteiger partial charge in [-0.25, -0.2) is 0 Å². The molecule has 3 unspecified atom stereocenters. The number of rotatable bonds is 3. The summed E-state index contributed by atoms with van der Waals surface area (Å²) in [5, 5.41) is 9.34. The van der Waals surface area contributed by atoms with Crippen LogP contribution in [0.5, 0.6) is 0 Å². The quantitative estimate of drug-likeness (QED) is 0.843. The smallest absolute Gasteiger partial charge is 0.321 e. The van der Waals surface area contributed by atoms with Crippen LogP contribution in [-0.4, -0.2) is 46.1 Å². The van der Waals surface area contributed by atoms with E-state index in [2.05, 4.69) is 11.8 Å². The third-order valence-electron chi connectivity index (χ3n) is 4.27. The van der Waals surface area contributed by atoms with Crippen LogP contribution in [0.2, 0.25) is 0 Å². The molecule has 0 radical (unpaired) electrons. The van der Waals surface area contributed by atoms with E-state index in [1.54, 1.807) is 11.8 Å². The second-order valence-electron chi connectivity index (χ2n) is 5.19. The molecular weight excluding hydrogens is 234 g/mol. The van der Waals surface area contributed by atoms with Crippen molar-refractivity contribution in [3.05, 3.63) is 0 Å². The predicted molar refractivity (Wildman–Crippen MR) is 71.5 cm³/mol. The summed E-state index contributed by atoms with van der Waals surface area (Å²) >= 11 is 1.79. The molecular formula is C13H23NO2S. The zero-order valence-corrected chi connectivity index (χ0v) is 11.4. The number of thioether (sulfide) groups is 1. The second-order valence-corrected chi connectivity index (χ2v) is 6.34. The fourth-order valence-corrected chi connectivity index (χ4v) is 4.39. The minimum absolute atomic E-state index is 0.245. The van der Waals surface area contributed by atoms with Crippen molar-refractivity contribution >= 4 is 17.7 Å². The highest BCUT2D eigenvalue weighted by atomic mass is 32.2. The third kappa shape index (κ3) is 2.97. The van der Waals surface area contributed by atoms with Crippen LogP contribution in [-0.2, 0) is 4.79 Å². The van der Waals surface area contributed by atoms with E-state index in [1.807, 2.05) is 0 Å². The van der Waals surface area contributed by atoms with Gasteiger partial charge in [0, 0.05) is 24.1 Å². The first-order valence-corrected chi connectivity index (χ1v) is 7.95. The van der Waals surface area contributed by atoms with Gasteiger partial charge < -0.3 is 5.11 Å². The lowest BCUT2D eigenvalue weighted by molar-refractivity contribution is -0.144. The molecule has 0 bridgehead atoms. The number of hydrogen-bond acceptors (Lipinski definition) is 3. The van der Waals surface area contributed by atoms with E-state index < -0.39 is 5.97 Å². The van der Waals surface area contributed by atoms with Crippen molar-refractivity contribution in [1.29, 1.82) is 0 Å². The van der Waals surface area contributed by atoms with Gasteiger partial charge in [-0.15, -0.1) is 0 Å². The summed E-state index contributed by atoms with van der Waals surface area (Å²) < 4.78 is 0. The van der Waals surface area contributed by atoms with Crippen LogP contribution in [0.4, 0.5) is 0 Å². The van der Waals surface area contributed by atoms with Gasteiger partial charge in [0.1, 0.15) is 6.04 Å². The highest BCUT2D eigenvalue weighted by molar-refractivity contribution is 7.99. The first-order valence-electron chi connectivity index (χ1n) is 6.80. The summed E-state index contributed by atoms with van der Waals surface area (Å²) in [6.45, 7) is 3.21. The maximum absolute atomic E-state index is 11.3. The van der Waals surface area contributed by atoms with Crippen molar-refractivity contribution in [2.75, 3.05) is 18.1 Å². The maximum Gasteiger partial charge on any atom is 0.321 e. The first-order chi connectivity index (χ1) is 8.24. The molecule has 4 heteroatoms. The zero-order chi connectivity index (χ0) is 12.3. The normalized spacial score (nSPS) is 35.7. The Labute approximate surface area is 108 Å². The van der Waals surface area contributed by atoms with Crippen LogP contribution >= 0.6 is 11.8 Å². The highest BCUT2D eigenvalue weighted by Gasteiger charge is 2.37. The Morgan fingerprint density at radius 2 is 2.18 bits per heavy atom. The summed E-state index contributed by atoms with van der Waals surface area (Å²) in [5.41, 5.74) is 0. The maximum atomic E-state index is 11.3. The van der Waals surface area contributed by atoms with E-state index in [4.69, 9.17) is 0 Å². The van der Waals surface area contributed by atoms with Crippen molar-refractivity contribution in [3.8, 4) is 0 Å². The molecule has 2 aliphatic rings. The molecule has 3 atom stereocenters. The van der Waals surface area contributed by atoms with Crippen LogP contribution in [0.25, 0.3) is 0 Å². The average Bonchev–Trinajstić information content (AvgIpc) is 2.38. The summed E-state index contributed by atoms with van der Waals surface area (Å²) in [7, 11) is 0. The number of hydrogen-bond donors (Lipinski definition) is 1. The van der Waals surface area contributed by atoms with Crippen LogP contribution in [0.1, 0.15) is 39.0 Å². The molecule has 0 aromatic rings. The van der Waals surface area contributed by atoms with Gasteiger partial charge >= 0.3 is 5.97 Å². The molecule has 1 aliphatic carbocycles. The molecule has 17 heavy (non-hydrogen) atoms. The van der Waals surface area contributed by atoms with E-state index in [0.29, 0.717) is 12.0 Å². The molecule has 98 valence electrons. The number of carbonyl (C=O) groups is 1. The topological polar surface area (TPSA) is 40.5 Å². The minimum Gasteiger partial charge on any atom is -0.480 e. The van der Waals surface area contributed by atoms with Gasteiger partial charge in [0.05, 0.1) is 0 Å². The molecule has 1 saturated carbocycles. The van der Waals surface area contributed by atoms with Gasteiger partial charge in [0.15, 0.2) is 0 Å². The van der Waals surface area contributed by atoms with E-state index in [1.165, 1.54) is 32.1 Å². The molecule has 0 aromatic carbocycles. The van der Waals surface area contributed by atoms with Crippen molar-refractivity contribution < 1.29 is 9.90 Å². The van der Waals surface area contributed by atoms with Crippen LogP contribution in [0, 0.1) is 5.92 Å². The fourth-order valence-electron chi connectivity index (χ4n) is 3.33. The average molecular weight is 257 g/mol. The molecule has 2 rings (SSSR count). The molecule has 0 aromatic heterocycles. The summed E-state index contributed by atoms with van der Waals surface area (Å²) in [5.74, 6) is 1.95. The number of nitrogens with zero attached hydrogens (tertiary/aromatic N) is 1. The van der Waals surface area contributed by atoms with Gasteiger partial charge in [-0.3, -0.25) is 9.69 Å². The molecule has 1 N–H and O–H groups in total. The zero-order valence-electron chi connectivity index (χ0n) is 10.6. The Balaban J connectivity index is 2.08. The summed E-state index contributed by atoms with van der Waals surface area (Å²) in [4.78, 5) is 13.6. The molecule has 3 nitrogen and oxygen atoms in total. The van der Waals surface area contributed by atoms with Gasteiger partial charge in [0.2, 0.25) is 0 Å². The number of carboxylic acids is 1. The number of carboxylic acid groups (broad SMARTS) is 1. The SMILES string of the molecule is CCC1CCCCC1N1CCSCC1C(=O)O. The van der Waals surface area contributed by atoms with Crippen molar-refractivity contribution in [2.45, 2.75) is 51.1 Å².